The third-order valence-electron chi connectivity index (χ3n) is 5.30. The summed E-state index contributed by atoms with van der Waals surface area (Å²) in [4.78, 5) is 17.8. The van der Waals surface area contributed by atoms with Crippen molar-refractivity contribution in [2.24, 2.45) is 5.73 Å². The fourth-order valence-corrected chi connectivity index (χ4v) is 3.74. The smallest absolute Gasteiger partial charge is 0.250 e. The number of carbonyl (C=O) groups excluding carboxylic acids is 1. The third-order valence-corrected chi connectivity index (χ3v) is 5.30. The zero-order chi connectivity index (χ0) is 19.2. The van der Waals surface area contributed by atoms with Crippen molar-refractivity contribution in [2.75, 3.05) is 13.6 Å². The molecule has 2 N–H and O–H groups in total. The van der Waals surface area contributed by atoms with E-state index in [2.05, 4.69) is 36.0 Å². The molecule has 5 nitrogen and oxygen atoms in total. The Labute approximate surface area is 161 Å². The molecular weight excluding hydrogens is 338 g/mol. The molecule has 1 aliphatic rings. The molecule has 1 amide bonds. The van der Waals surface area contributed by atoms with Crippen molar-refractivity contribution in [3.05, 3.63) is 53.2 Å². The molecule has 1 unspecified atom stereocenters. The molecular formula is C22H29N3O2. The van der Waals surface area contributed by atoms with Crippen LogP contribution < -0.4 is 10.5 Å². The number of unbranched alkanes of at least 4 members (excludes halogenated alkanes) is 3. The molecule has 0 saturated carbocycles. The van der Waals surface area contributed by atoms with Gasteiger partial charge in [-0.25, -0.2) is 4.98 Å². The first kappa shape index (κ1) is 19.4. The standard InChI is InChI=1S/C22H29N3O2/c1-3-4-5-6-13-25(2)20-11-7-16-14-18(9-10-19(16)20)27-21-12-8-17(15-24-21)22(23)26/h8-10,12,14-15,20H,3-7,11,13H2,1-2H3,(H2,23,26). The number of fused-ring (bicyclic) bond motifs is 1. The summed E-state index contributed by atoms with van der Waals surface area (Å²) in [6, 6.07) is 10.1. The summed E-state index contributed by atoms with van der Waals surface area (Å²) in [5.41, 5.74) is 8.38. The summed E-state index contributed by atoms with van der Waals surface area (Å²) in [6.07, 6.45) is 8.86. The minimum atomic E-state index is -0.489. The van der Waals surface area contributed by atoms with Crippen LogP contribution in [0.4, 0.5) is 0 Å². The summed E-state index contributed by atoms with van der Waals surface area (Å²) < 4.78 is 5.85. The van der Waals surface area contributed by atoms with Crippen LogP contribution in [0.1, 0.15) is 66.6 Å². The molecule has 144 valence electrons. The Morgan fingerprint density at radius 1 is 1.26 bits per heavy atom. The quantitative estimate of drug-likeness (QED) is 0.664. The molecule has 0 spiro atoms. The van der Waals surface area contributed by atoms with Crippen LogP contribution in [0.25, 0.3) is 0 Å². The van der Waals surface area contributed by atoms with E-state index in [1.54, 1.807) is 12.1 Å². The van der Waals surface area contributed by atoms with Gasteiger partial charge in [0.25, 0.3) is 0 Å². The number of nitrogens with zero attached hydrogens (tertiary/aromatic N) is 2. The van der Waals surface area contributed by atoms with Crippen LogP contribution in [0, 0.1) is 0 Å². The SMILES string of the molecule is CCCCCCN(C)C1CCc2cc(Oc3ccc(C(N)=O)cn3)ccc21. The van der Waals surface area contributed by atoms with Crippen LogP contribution in [0.2, 0.25) is 0 Å². The highest BCUT2D eigenvalue weighted by molar-refractivity contribution is 5.92. The van der Waals surface area contributed by atoms with E-state index in [9.17, 15) is 4.79 Å². The molecule has 0 aliphatic heterocycles. The van der Waals surface area contributed by atoms with Gasteiger partial charge in [0.15, 0.2) is 0 Å². The fraction of sp³-hybridized carbons (Fsp3) is 0.455. The average molecular weight is 367 g/mol. The van der Waals surface area contributed by atoms with E-state index in [-0.39, 0.29) is 0 Å². The number of nitrogens with two attached hydrogens (primary N) is 1. The van der Waals surface area contributed by atoms with Crippen LogP contribution in [0.3, 0.4) is 0 Å². The number of primary amides is 1. The van der Waals surface area contributed by atoms with Crippen LogP contribution in [0.15, 0.2) is 36.5 Å². The monoisotopic (exact) mass is 367 g/mol. The number of aromatic nitrogens is 1. The Hall–Kier alpha value is -2.40. The molecule has 0 saturated heterocycles. The summed E-state index contributed by atoms with van der Waals surface area (Å²) in [5.74, 6) is 0.748. The first-order chi connectivity index (χ1) is 13.1. The fourth-order valence-electron chi connectivity index (χ4n) is 3.74. The zero-order valence-electron chi connectivity index (χ0n) is 16.3. The van der Waals surface area contributed by atoms with E-state index in [1.807, 2.05) is 6.07 Å². The predicted octanol–water partition coefficient (Wildman–Crippen LogP) is 4.47. The number of hydrogen-bond donors (Lipinski definition) is 1. The maximum absolute atomic E-state index is 11.1. The zero-order valence-corrected chi connectivity index (χ0v) is 16.3. The second kappa shape index (κ2) is 9.00. The van der Waals surface area contributed by atoms with Crippen molar-refractivity contribution < 1.29 is 9.53 Å². The lowest BCUT2D eigenvalue weighted by Crippen LogP contribution is -2.24. The number of rotatable bonds is 9. The summed E-state index contributed by atoms with van der Waals surface area (Å²) in [7, 11) is 2.24. The van der Waals surface area contributed by atoms with Gasteiger partial charge in [-0.15, -0.1) is 0 Å². The van der Waals surface area contributed by atoms with Crippen LogP contribution in [0.5, 0.6) is 11.6 Å². The average Bonchev–Trinajstić information content (AvgIpc) is 3.09. The normalized spacial score (nSPS) is 15.7. The number of benzene rings is 1. The molecule has 1 aromatic heterocycles. The highest BCUT2D eigenvalue weighted by Gasteiger charge is 2.26. The van der Waals surface area contributed by atoms with E-state index < -0.39 is 5.91 Å². The molecule has 1 aliphatic carbocycles. The molecule has 0 radical (unpaired) electrons. The van der Waals surface area contributed by atoms with Gasteiger partial charge in [-0.2, -0.15) is 0 Å². The number of aryl methyl sites for hydroxylation is 1. The number of amides is 1. The molecule has 1 aromatic carbocycles. The second-order valence-electron chi connectivity index (χ2n) is 7.31. The molecule has 0 bridgehead atoms. The number of carbonyl (C=O) groups is 1. The van der Waals surface area contributed by atoms with Crippen molar-refractivity contribution in [3.8, 4) is 11.6 Å². The largest absolute Gasteiger partial charge is 0.439 e. The van der Waals surface area contributed by atoms with Gasteiger partial charge in [0.05, 0.1) is 5.56 Å². The van der Waals surface area contributed by atoms with Crippen molar-refractivity contribution in [3.63, 3.8) is 0 Å². The first-order valence-corrected chi connectivity index (χ1v) is 9.85. The van der Waals surface area contributed by atoms with Crippen molar-refractivity contribution in [1.29, 1.82) is 0 Å². The van der Waals surface area contributed by atoms with E-state index in [0.717, 1.165) is 25.1 Å². The molecule has 1 atom stereocenters. The van der Waals surface area contributed by atoms with Gasteiger partial charge in [-0.05, 0) is 62.2 Å². The van der Waals surface area contributed by atoms with E-state index in [4.69, 9.17) is 10.5 Å². The van der Waals surface area contributed by atoms with Crippen LogP contribution in [-0.4, -0.2) is 29.4 Å². The lowest BCUT2D eigenvalue weighted by Gasteiger charge is -2.25. The topological polar surface area (TPSA) is 68.5 Å². The molecule has 27 heavy (non-hydrogen) atoms. The Morgan fingerprint density at radius 2 is 2.11 bits per heavy atom. The van der Waals surface area contributed by atoms with Crippen LogP contribution in [-0.2, 0) is 6.42 Å². The minimum absolute atomic E-state index is 0.376. The predicted molar refractivity (Wildman–Crippen MR) is 107 cm³/mol. The highest BCUT2D eigenvalue weighted by Crippen LogP contribution is 2.37. The van der Waals surface area contributed by atoms with Gasteiger partial charge < -0.3 is 10.5 Å². The lowest BCUT2D eigenvalue weighted by atomic mass is 10.1. The maximum Gasteiger partial charge on any atom is 0.250 e. The molecule has 0 fully saturated rings. The van der Waals surface area contributed by atoms with Crippen molar-refractivity contribution in [2.45, 2.75) is 51.5 Å². The summed E-state index contributed by atoms with van der Waals surface area (Å²) in [6.45, 7) is 3.40. The van der Waals surface area contributed by atoms with Crippen molar-refractivity contribution >= 4 is 5.91 Å². The molecule has 5 heteroatoms. The Bertz CT molecular complexity index is 774. The lowest BCUT2D eigenvalue weighted by molar-refractivity contribution is 0.1000. The third kappa shape index (κ3) is 4.86. The highest BCUT2D eigenvalue weighted by atomic mass is 16.5. The van der Waals surface area contributed by atoms with Gasteiger partial charge in [-0.3, -0.25) is 9.69 Å². The number of hydrogen-bond acceptors (Lipinski definition) is 4. The second-order valence-corrected chi connectivity index (χ2v) is 7.31. The Morgan fingerprint density at radius 3 is 2.81 bits per heavy atom. The van der Waals surface area contributed by atoms with E-state index in [0.29, 0.717) is 17.5 Å². The van der Waals surface area contributed by atoms with Gasteiger partial charge >= 0.3 is 0 Å². The Kier molecular flexibility index (Phi) is 6.45. The number of pyridine rings is 1. The van der Waals surface area contributed by atoms with Crippen molar-refractivity contribution in [1.82, 2.24) is 9.88 Å². The Balaban J connectivity index is 1.63. The molecule has 3 rings (SSSR count). The van der Waals surface area contributed by atoms with Gasteiger partial charge in [0.1, 0.15) is 5.75 Å². The molecule has 1 heterocycles. The van der Waals surface area contributed by atoms with E-state index in [1.165, 1.54) is 43.0 Å². The summed E-state index contributed by atoms with van der Waals surface area (Å²) >= 11 is 0. The van der Waals surface area contributed by atoms with Crippen LogP contribution >= 0.6 is 0 Å². The maximum atomic E-state index is 11.1. The minimum Gasteiger partial charge on any atom is -0.439 e. The molecule has 2 aromatic rings. The number of ether oxygens (including phenoxy) is 1. The first-order valence-electron chi connectivity index (χ1n) is 9.85. The van der Waals surface area contributed by atoms with Gasteiger partial charge in [0.2, 0.25) is 11.8 Å². The van der Waals surface area contributed by atoms with Gasteiger partial charge in [0, 0.05) is 18.3 Å². The van der Waals surface area contributed by atoms with Gasteiger partial charge in [-0.1, -0.05) is 32.3 Å². The summed E-state index contributed by atoms with van der Waals surface area (Å²) in [5, 5.41) is 0. The van der Waals surface area contributed by atoms with E-state index >= 15 is 0 Å².